The van der Waals surface area contributed by atoms with Crippen molar-refractivity contribution in [3.63, 3.8) is 0 Å². The third kappa shape index (κ3) is 2.36. The lowest BCUT2D eigenvalue weighted by Crippen LogP contribution is -2.31. The Hall–Kier alpha value is -0.530. The van der Waals surface area contributed by atoms with E-state index in [1.54, 1.807) is 0 Å². The molecule has 2 bridgehead atoms. The van der Waals surface area contributed by atoms with Gasteiger partial charge in [0.25, 0.3) is 0 Å². The summed E-state index contributed by atoms with van der Waals surface area (Å²) < 4.78 is 5.48. The molecule has 2 rings (SSSR count). The molecule has 0 aliphatic heterocycles. The standard InChI is InChI=1S/C15H26O2/c1-5-9(2)8-17-15(16)14-7-12-6-13(14)11(4)10(12)3/h9-14H,5-8H2,1-4H3. The minimum Gasteiger partial charge on any atom is -0.465 e. The molecule has 6 atom stereocenters. The van der Waals surface area contributed by atoms with Crippen molar-refractivity contribution < 1.29 is 9.53 Å². The summed E-state index contributed by atoms with van der Waals surface area (Å²) in [6, 6.07) is 0. The quantitative estimate of drug-likeness (QED) is 0.701. The van der Waals surface area contributed by atoms with Crippen molar-refractivity contribution in [2.75, 3.05) is 6.61 Å². The van der Waals surface area contributed by atoms with E-state index in [-0.39, 0.29) is 11.9 Å². The van der Waals surface area contributed by atoms with Crippen LogP contribution in [0.15, 0.2) is 0 Å². The molecule has 2 saturated carbocycles. The van der Waals surface area contributed by atoms with Gasteiger partial charge in [-0.1, -0.05) is 34.1 Å². The van der Waals surface area contributed by atoms with Gasteiger partial charge in [0.1, 0.15) is 0 Å². The van der Waals surface area contributed by atoms with Crippen LogP contribution in [0.25, 0.3) is 0 Å². The summed E-state index contributed by atoms with van der Waals surface area (Å²) in [5.74, 6) is 3.66. The van der Waals surface area contributed by atoms with Gasteiger partial charge in [-0.2, -0.15) is 0 Å². The molecule has 0 spiro atoms. The lowest BCUT2D eigenvalue weighted by molar-refractivity contribution is -0.152. The van der Waals surface area contributed by atoms with Crippen molar-refractivity contribution >= 4 is 5.97 Å². The van der Waals surface area contributed by atoms with Crippen LogP contribution in [0.4, 0.5) is 0 Å². The molecule has 0 N–H and O–H groups in total. The predicted octanol–water partition coefficient (Wildman–Crippen LogP) is 3.50. The average molecular weight is 238 g/mol. The van der Waals surface area contributed by atoms with Gasteiger partial charge in [-0.15, -0.1) is 0 Å². The van der Waals surface area contributed by atoms with Gasteiger partial charge < -0.3 is 4.74 Å². The van der Waals surface area contributed by atoms with E-state index in [0.29, 0.717) is 24.4 Å². The minimum absolute atomic E-state index is 0.0801. The molecule has 98 valence electrons. The fourth-order valence-electron chi connectivity index (χ4n) is 3.66. The Kier molecular flexibility index (Phi) is 3.79. The van der Waals surface area contributed by atoms with Crippen LogP contribution in [0.1, 0.15) is 47.0 Å². The third-order valence-electron chi connectivity index (χ3n) is 5.41. The maximum Gasteiger partial charge on any atom is 0.309 e. The molecule has 2 aliphatic carbocycles. The van der Waals surface area contributed by atoms with Crippen LogP contribution in [0.3, 0.4) is 0 Å². The first kappa shape index (κ1) is 12.9. The zero-order valence-electron chi connectivity index (χ0n) is 11.6. The van der Waals surface area contributed by atoms with Crippen LogP contribution < -0.4 is 0 Å². The molecule has 0 aromatic heterocycles. The topological polar surface area (TPSA) is 26.3 Å². The molecule has 0 heterocycles. The van der Waals surface area contributed by atoms with E-state index in [2.05, 4.69) is 27.7 Å². The van der Waals surface area contributed by atoms with Gasteiger partial charge in [-0.25, -0.2) is 0 Å². The Morgan fingerprint density at radius 1 is 1.29 bits per heavy atom. The molecular formula is C15H26O2. The van der Waals surface area contributed by atoms with Gasteiger partial charge in [0.15, 0.2) is 0 Å². The van der Waals surface area contributed by atoms with E-state index >= 15 is 0 Å². The summed E-state index contributed by atoms with van der Waals surface area (Å²) in [6.07, 6.45) is 3.42. The Morgan fingerprint density at radius 3 is 2.53 bits per heavy atom. The Balaban J connectivity index is 1.86. The summed E-state index contributed by atoms with van der Waals surface area (Å²) in [7, 11) is 0. The number of carbonyl (C=O) groups excluding carboxylic acids is 1. The number of ether oxygens (including phenoxy) is 1. The van der Waals surface area contributed by atoms with Gasteiger partial charge in [0.05, 0.1) is 12.5 Å². The van der Waals surface area contributed by atoms with Crippen molar-refractivity contribution in [2.45, 2.75) is 47.0 Å². The molecular weight excluding hydrogens is 212 g/mol. The summed E-state index contributed by atoms with van der Waals surface area (Å²) in [5.41, 5.74) is 0. The van der Waals surface area contributed by atoms with E-state index in [1.807, 2.05) is 0 Å². The Bertz CT molecular complexity index is 285. The average Bonchev–Trinajstić information content (AvgIpc) is 2.87. The van der Waals surface area contributed by atoms with Crippen molar-refractivity contribution in [3.05, 3.63) is 0 Å². The van der Waals surface area contributed by atoms with Crippen LogP contribution >= 0.6 is 0 Å². The number of rotatable bonds is 4. The van der Waals surface area contributed by atoms with Crippen LogP contribution in [-0.2, 0) is 9.53 Å². The van der Waals surface area contributed by atoms with Gasteiger partial charge >= 0.3 is 5.97 Å². The predicted molar refractivity (Wildman–Crippen MR) is 68.4 cm³/mol. The van der Waals surface area contributed by atoms with Crippen molar-refractivity contribution in [2.24, 2.45) is 35.5 Å². The molecule has 0 aromatic rings. The number of carbonyl (C=O) groups is 1. The highest BCUT2D eigenvalue weighted by atomic mass is 16.5. The molecule has 2 nitrogen and oxygen atoms in total. The van der Waals surface area contributed by atoms with E-state index in [1.165, 1.54) is 6.42 Å². The summed E-state index contributed by atoms with van der Waals surface area (Å²) in [4.78, 5) is 12.1. The molecule has 2 aliphatic rings. The van der Waals surface area contributed by atoms with Crippen LogP contribution in [-0.4, -0.2) is 12.6 Å². The van der Waals surface area contributed by atoms with Gasteiger partial charge in [-0.3, -0.25) is 4.79 Å². The molecule has 0 saturated heterocycles. The highest BCUT2D eigenvalue weighted by Gasteiger charge is 2.51. The van der Waals surface area contributed by atoms with Crippen molar-refractivity contribution in [1.29, 1.82) is 0 Å². The summed E-state index contributed by atoms with van der Waals surface area (Å²) >= 11 is 0. The van der Waals surface area contributed by atoms with Crippen molar-refractivity contribution in [1.82, 2.24) is 0 Å². The maximum atomic E-state index is 12.1. The smallest absolute Gasteiger partial charge is 0.309 e. The first-order valence-corrected chi connectivity index (χ1v) is 7.21. The highest BCUT2D eigenvalue weighted by Crippen LogP contribution is 2.55. The maximum absolute atomic E-state index is 12.1. The normalized spacial score (nSPS) is 41.5. The molecule has 0 radical (unpaired) electrons. The zero-order chi connectivity index (χ0) is 12.6. The van der Waals surface area contributed by atoms with Gasteiger partial charge in [-0.05, 0) is 42.4 Å². The Morgan fingerprint density at radius 2 is 2.00 bits per heavy atom. The monoisotopic (exact) mass is 238 g/mol. The molecule has 2 heteroatoms. The summed E-state index contributed by atoms with van der Waals surface area (Å²) in [6.45, 7) is 9.53. The lowest BCUT2D eigenvalue weighted by atomic mass is 9.76. The second kappa shape index (κ2) is 4.99. The Labute approximate surface area is 105 Å². The molecule has 0 aromatic carbocycles. The number of fused-ring (bicyclic) bond motifs is 2. The SMILES string of the molecule is CCC(C)COC(=O)C1CC2CC1C(C)C2C. The first-order valence-electron chi connectivity index (χ1n) is 7.21. The van der Waals surface area contributed by atoms with Crippen LogP contribution in [0.2, 0.25) is 0 Å². The van der Waals surface area contributed by atoms with Gasteiger partial charge in [0, 0.05) is 0 Å². The number of hydrogen-bond donors (Lipinski definition) is 0. The fraction of sp³-hybridized carbons (Fsp3) is 0.933. The molecule has 17 heavy (non-hydrogen) atoms. The van der Waals surface area contributed by atoms with Gasteiger partial charge in [0.2, 0.25) is 0 Å². The van der Waals surface area contributed by atoms with Crippen LogP contribution in [0.5, 0.6) is 0 Å². The van der Waals surface area contributed by atoms with E-state index in [0.717, 1.165) is 24.7 Å². The highest BCUT2D eigenvalue weighted by molar-refractivity contribution is 5.73. The number of esters is 1. The van der Waals surface area contributed by atoms with Crippen molar-refractivity contribution in [3.8, 4) is 0 Å². The summed E-state index contributed by atoms with van der Waals surface area (Å²) in [5, 5.41) is 0. The van der Waals surface area contributed by atoms with E-state index in [4.69, 9.17) is 4.74 Å². The number of hydrogen-bond acceptors (Lipinski definition) is 2. The largest absolute Gasteiger partial charge is 0.465 e. The zero-order valence-corrected chi connectivity index (χ0v) is 11.6. The first-order chi connectivity index (χ1) is 8.04. The second-order valence-corrected chi connectivity index (χ2v) is 6.36. The third-order valence-corrected chi connectivity index (χ3v) is 5.41. The molecule has 2 fully saturated rings. The minimum atomic E-state index is 0.0801. The second-order valence-electron chi connectivity index (χ2n) is 6.36. The van der Waals surface area contributed by atoms with Crippen LogP contribution in [0, 0.1) is 35.5 Å². The van der Waals surface area contributed by atoms with E-state index < -0.39 is 0 Å². The fourth-order valence-corrected chi connectivity index (χ4v) is 3.66. The van der Waals surface area contributed by atoms with E-state index in [9.17, 15) is 4.79 Å². The molecule has 6 unspecified atom stereocenters. The molecule has 0 amide bonds. The lowest BCUT2D eigenvalue weighted by Gasteiger charge is -2.30.